The van der Waals surface area contributed by atoms with Crippen molar-refractivity contribution in [1.29, 1.82) is 0 Å². The summed E-state index contributed by atoms with van der Waals surface area (Å²) in [5.74, 6) is 0.601. The zero-order chi connectivity index (χ0) is 11.3. The van der Waals surface area contributed by atoms with E-state index in [2.05, 4.69) is 4.18 Å². The molecule has 0 radical (unpaired) electrons. The van der Waals surface area contributed by atoms with Gasteiger partial charge in [0.05, 0.1) is 0 Å². The highest BCUT2D eigenvalue weighted by molar-refractivity contribution is 7.67. The molecule has 1 rings (SSSR count). The van der Waals surface area contributed by atoms with Crippen molar-refractivity contribution in [2.75, 3.05) is 0 Å². The number of ether oxygens (including phenoxy) is 1. The van der Waals surface area contributed by atoms with E-state index in [4.69, 9.17) is 4.74 Å². The fourth-order valence-corrected chi connectivity index (χ4v) is 1.43. The van der Waals surface area contributed by atoms with Gasteiger partial charge in [-0.2, -0.15) is 0 Å². The summed E-state index contributed by atoms with van der Waals surface area (Å²) in [6, 6.07) is 7.33. The topological polar surface area (TPSA) is 52.6 Å². The number of benzene rings is 1. The summed E-state index contributed by atoms with van der Waals surface area (Å²) in [6.45, 7) is 3.75. The van der Waals surface area contributed by atoms with E-state index in [-0.39, 0.29) is 0 Å². The van der Waals surface area contributed by atoms with E-state index in [9.17, 15) is 8.42 Å². The van der Waals surface area contributed by atoms with E-state index in [0.717, 1.165) is 5.56 Å². The minimum absolute atomic E-state index is 0.469. The maximum atomic E-state index is 10.3. The van der Waals surface area contributed by atoms with Crippen LogP contribution in [0.25, 0.3) is 0 Å². The first-order valence-electron chi connectivity index (χ1n) is 4.66. The summed E-state index contributed by atoms with van der Waals surface area (Å²) < 4.78 is 30.6. The highest BCUT2D eigenvalue weighted by Crippen LogP contribution is 2.14. The molecule has 84 valence electrons. The van der Waals surface area contributed by atoms with E-state index < -0.39 is 17.3 Å². The Bertz CT molecular complexity index is 362. The Kier molecular flexibility index (Phi) is 4.58. The second-order valence-electron chi connectivity index (χ2n) is 3.10. The second-order valence-corrected chi connectivity index (χ2v) is 3.76. The molecule has 1 aromatic rings. The molecule has 1 unspecified atom stereocenters. The van der Waals surface area contributed by atoms with Gasteiger partial charge in [0.2, 0.25) is 6.29 Å². The van der Waals surface area contributed by atoms with Gasteiger partial charge in [0.25, 0.3) is 11.0 Å². The Morgan fingerprint density at radius 3 is 2.33 bits per heavy atom. The number of hydrogen-bond acceptors (Lipinski definition) is 4. The smallest absolute Gasteiger partial charge is 0.260 e. The lowest BCUT2D eigenvalue weighted by Crippen LogP contribution is -2.18. The lowest BCUT2D eigenvalue weighted by atomic mass is 10.2. The fraction of sp³-hybridized carbons (Fsp3) is 0.400. The Hall–Kier alpha value is -1.07. The highest BCUT2D eigenvalue weighted by atomic mass is 32.2. The zero-order valence-electron chi connectivity index (χ0n) is 8.67. The molecule has 0 saturated carbocycles. The van der Waals surface area contributed by atoms with Crippen LogP contribution in [0.15, 0.2) is 24.3 Å². The summed E-state index contributed by atoms with van der Waals surface area (Å²) in [5.41, 5.74) is 1.12. The predicted molar refractivity (Wildman–Crippen MR) is 57.3 cm³/mol. The first kappa shape index (κ1) is 12.0. The summed E-state index contributed by atoms with van der Waals surface area (Å²) in [7, 11) is -2.87. The van der Waals surface area contributed by atoms with Gasteiger partial charge in [-0.3, -0.25) is 0 Å². The van der Waals surface area contributed by atoms with Crippen molar-refractivity contribution in [1.82, 2.24) is 0 Å². The largest absolute Gasteiger partial charge is 0.464 e. The predicted octanol–water partition coefficient (Wildman–Crippen LogP) is 1.65. The number of hydrogen-bond donors (Lipinski definition) is 1. The third-order valence-electron chi connectivity index (χ3n) is 1.83. The summed E-state index contributed by atoms with van der Waals surface area (Å²) in [4.78, 5) is 0. The third kappa shape index (κ3) is 4.31. The fourth-order valence-electron chi connectivity index (χ4n) is 1.04. The first-order chi connectivity index (χ1) is 7.11. The second kappa shape index (κ2) is 5.72. The van der Waals surface area contributed by atoms with Gasteiger partial charge in [-0.05, 0) is 19.1 Å². The quantitative estimate of drug-likeness (QED) is 0.617. The molecule has 0 fully saturated rings. The summed E-state index contributed by atoms with van der Waals surface area (Å²) in [6.07, 6.45) is -0.272. The minimum atomic E-state index is -2.87. The van der Waals surface area contributed by atoms with Gasteiger partial charge < -0.3 is 4.74 Å². The van der Waals surface area contributed by atoms with Crippen LogP contribution in [0.5, 0.6) is 5.75 Å². The van der Waals surface area contributed by atoms with Crippen molar-refractivity contribution < 1.29 is 17.3 Å². The van der Waals surface area contributed by atoms with Crippen LogP contribution in [0.3, 0.4) is 0 Å². The van der Waals surface area contributed by atoms with Crippen molar-refractivity contribution in [2.45, 2.75) is 26.6 Å². The lowest BCUT2D eigenvalue weighted by Gasteiger charge is -2.14. The van der Waals surface area contributed by atoms with Crippen LogP contribution in [0.1, 0.15) is 18.9 Å². The molecule has 1 aromatic carbocycles. The molecule has 0 spiro atoms. The number of thiol groups is 1. The van der Waals surface area contributed by atoms with Crippen molar-refractivity contribution >= 4 is 11.0 Å². The molecule has 0 aromatic heterocycles. The van der Waals surface area contributed by atoms with Gasteiger partial charge >= 0.3 is 0 Å². The zero-order valence-corrected chi connectivity index (χ0v) is 9.57. The molecule has 4 nitrogen and oxygen atoms in total. The Balaban J connectivity index is 2.62. The van der Waals surface area contributed by atoms with Crippen LogP contribution in [0.4, 0.5) is 0 Å². The molecular weight excluding hydrogens is 216 g/mol. The van der Waals surface area contributed by atoms with Crippen molar-refractivity contribution in [3.05, 3.63) is 29.8 Å². The molecular formula is C10H14O4S. The maximum absolute atomic E-state index is 10.3. The first-order valence-corrected chi connectivity index (χ1v) is 5.76. The summed E-state index contributed by atoms with van der Waals surface area (Å²) in [5, 5.41) is 0. The van der Waals surface area contributed by atoms with Gasteiger partial charge in [0.1, 0.15) is 5.75 Å². The molecule has 0 aliphatic heterocycles. The van der Waals surface area contributed by atoms with Crippen LogP contribution in [-0.4, -0.2) is 14.7 Å². The van der Waals surface area contributed by atoms with E-state index in [1.54, 1.807) is 19.1 Å². The molecule has 0 aliphatic carbocycles. The van der Waals surface area contributed by atoms with E-state index in [1.807, 2.05) is 19.1 Å². The van der Waals surface area contributed by atoms with E-state index in [1.165, 1.54) is 0 Å². The average molecular weight is 230 g/mol. The number of rotatable bonds is 5. The molecule has 0 heterocycles. The average Bonchev–Trinajstić information content (AvgIpc) is 2.19. The molecule has 15 heavy (non-hydrogen) atoms. The van der Waals surface area contributed by atoms with Crippen LogP contribution in [-0.2, 0) is 15.2 Å². The maximum Gasteiger partial charge on any atom is 0.260 e. The van der Waals surface area contributed by atoms with E-state index in [0.29, 0.717) is 12.2 Å². The highest BCUT2D eigenvalue weighted by Gasteiger charge is 2.09. The monoisotopic (exact) mass is 230 g/mol. The normalized spacial score (nSPS) is 12.7. The van der Waals surface area contributed by atoms with Gasteiger partial charge in [0.15, 0.2) is 0 Å². The van der Waals surface area contributed by atoms with Crippen molar-refractivity contribution in [2.24, 2.45) is 0 Å². The number of aryl methyl sites for hydroxylation is 1. The molecule has 0 saturated heterocycles. The summed E-state index contributed by atoms with van der Waals surface area (Å²) >= 11 is 0. The molecule has 0 aliphatic rings. The van der Waals surface area contributed by atoms with Crippen molar-refractivity contribution in [3.8, 4) is 5.75 Å². The van der Waals surface area contributed by atoms with Gasteiger partial charge in [-0.1, -0.05) is 24.6 Å². The van der Waals surface area contributed by atoms with Crippen LogP contribution >= 0.6 is 0 Å². The Morgan fingerprint density at radius 2 is 1.87 bits per heavy atom. The molecule has 5 heteroatoms. The van der Waals surface area contributed by atoms with Crippen molar-refractivity contribution in [3.63, 3.8) is 0 Å². The third-order valence-corrected chi connectivity index (χ3v) is 2.23. The standard InChI is InChI=1S/C10H14O4S/c1-3-10(14-15(11)12)13-9-6-4-8(2)5-7-9/h4-7,10,15H,3H2,1-2H3. The molecule has 0 bridgehead atoms. The molecule has 0 N–H and O–H groups in total. The van der Waals surface area contributed by atoms with Crippen LogP contribution < -0.4 is 4.74 Å². The molecule has 1 atom stereocenters. The van der Waals surface area contributed by atoms with E-state index >= 15 is 0 Å². The molecule has 0 amide bonds. The Labute approximate surface area is 91.0 Å². The van der Waals surface area contributed by atoms with Crippen LogP contribution in [0.2, 0.25) is 0 Å². The SMILES string of the molecule is CCC(Oc1ccc(C)cc1)O[SH](=O)=O. The van der Waals surface area contributed by atoms with Gasteiger partial charge in [-0.15, -0.1) is 0 Å². The van der Waals surface area contributed by atoms with Crippen LogP contribution in [0, 0.1) is 6.92 Å². The minimum Gasteiger partial charge on any atom is -0.464 e. The van der Waals surface area contributed by atoms with Gasteiger partial charge in [0, 0.05) is 6.42 Å². The Morgan fingerprint density at radius 1 is 1.27 bits per heavy atom. The van der Waals surface area contributed by atoms with Gasteiger partial charge in [-0.25, -0.2) is 12.6 Å². The lowest BCUT2D eigenvalue weighted by molar-refractivity contribution is 0.0129.